The zero-order chi connectivity index (χ0) is 12.7. The maximum atomic E-state index is 10.6. The van der Waals surface area contributed by atoms with E-state index in [0.29, 0.717) is 25.1 Å². The van der Waals surface area contributed by atoms with E-state index < -0.39 is 4.92 Å². The number of anilines is 1. The Kier molecular flexibility index (Phi) is 4.86. The third kappa shape index (κ3) is 4.45. The highest BCUT2D eigenvalue weighted by molar-refractivity contribution is 5.73. The number of hydrogen-bond donors (Lipinski definition) is 2. The van der Waals surface area contributed by atoms with Crippen LogP contribution in [0.25, 0.3) is 0 Å². The number of amides is 1. The molecule has 17 heavy (non-hydrogen) atoms. The Balaban J connectivity index is 2.41. The summed E-state index contributed by atoms with van der Waals surface area (Å²) < 4.78 is 0. The summed E-state index contributed by atoms with van der Waals surface area (Å²) in [5, 5.41) is 13.6. The number of aromatic nitrogens is 1. The van der Waals surface area contributed by atoms with Crippen LogP contribution in [0.1, 0.15) is 19.3 Å². The second kappa shape index (κ2) is 6.41. The van der Waals surface area contributed by atoms with Gasteiger partial charge in [-0.05, 0) is 34.9 Å². The van der Waals surface area contributed by atoms with Crippen LogP contribution in [0.2, 0.25) is 0 Å². The Morgan fingerprint density at radius 3 is 2.94 bits per heavy atom. The molecule has 0 atom stereocenters. The average Bonchev–Trinajstić information content (AvgIpc) is 2.28. The number of nitrogens with zero attached hydrogens (tertiary/aromatic N) is 2. The maximum Gasteiger partial charge on any atom is 0.386 e. The van der Waals surface area contributed by atoms with E-state index >= 15 is 0 Å². The second-order valence-corrected chi connectivity index (χ2v) is 3.48. The lowest BCUT2D eigenvalue weighted by molar-refractivity contribution is -0.388. The van der Waals surface area contributed by atoms with Crippen LogP contribution in [-0.2, 0) is 4.79 Å². The Hall–Kier alpha value is -2.18. The van der Waals surface area contributed by atoms with Crippen LogP contribution in [0.5, 0.6) is 0 Å². The number of primary amides is 1. The Morgan fingerprint density at radius 1 is 1.53 bits per heavy atom. The van der Waals surface area contributed by atoms with Crippen LogP contribution in [0.4, 0.5) is 11.5 Å². The number of rotatable bonds is 7. The van der Waals surface area contributed by atoms with Gasteiger partial charge >= 0.3 is 5.82 Å². The minimum atomic E-state index is -0.536. The number of hydrogen-bond acceptors (Lipinski definition) is 5. The van der Waals surface area contributed by atoms with E-state index in [4.69, 9.17) is 5.73 Å². The van der Waals surface area contributed by atoms with E-state index in [1.807, 2.05) is 0 Å². The number of pyridine rings is 1. The Labute approximate surface area is 98.2 Å². The van der Waals surface area contributed by atoms with Crippen molar-refractivity contribution in [1.82, 2.24) is 4.98 Å². The van der Waals surface area contributed by atoms with E-state index in [-0.39, 0.29) is 11.7 Å². The van der Waals surface area contributed by atoms with Crippen molar-refractivity contribution in [2.45, 2.75) is 19.3 Å². The summed E-state index contributed by atoms with van der Waals surface area (Å²) in [7, 11) is 0. The summed E-state index contributed by atoms with van der Waals surface area (Å²) in [5.74, 6) is -0.528. The second-order valence-electron chi connectivity index (χ2n) is 3.48. The fourth-order valence-corrected chi connectivity index (χ4v) is 1.33. The molecule has 0 saturated carbocycles. The summed E-state index contributed by atoms with van der Waals surface area (Å²) in [5.41, 5.74) is 5.38. The molecule has 3 N–H and O–H groups in total. The summed E-state index contributed by atoms with van der Waals surface area (Å²) >= 11 is 0. The molecular weight excluding hydrogens is 224 g/mol. The predicted octanol–water partition coefficient (Wildman–Crippen LogP) is 1.06. The van der Waals surface area contributed by atoms with Gasteiger partial charge < -0.3 is 21.2 Å². The van der Waals surface area contributed by atoms with Crippen molar-refractivity contribution in [2.75, 3.05) is 11.9 Å². The van der Waals surface area contributed by atoms with Crippen molar-refractivity contribution >= 4 is 17.4 Å². The molecule has 0 radical (unpaired) electrons. The third-order valence-corrected chi connectivity index (χ3v) is 2.13. The normalized spacial score (nSPS) is 9.88. The molecule has 7 nitrogen and oxygen atoms in total. The van der Waals surface area contributed by atoms with E-state index in [9.17, 15) is 14.9 Å². The van der Waals surface area contributed by atoms with Crippen LogP contribution in [-0.4, -0.2) is 22.4 Å². The lowest BCUT2D eigenvalue weighted by atomic mass is 10.2. The summed E-state index contributed by atoms with van der Waals surface area (Å²) in [6, 6.07) is 3.22. The molecule has 0 aliphatic heterocycles. The van der Waals surface area contributed by atoms with Gasteiger partial charge in [-0.15, -0.1) is 0 Å². The smallest absolute Gasteiger partial charge is 0.378 e. The average molecular weight is 238 g/mol. The van der Waals surface area contributed by atoms with Gasteiger partial charge in [0.05, 0.1) is 0 Å². The minimum absolute atomic E-state index is 0.192. The molecule has 1 heterocycles. The highest BCUT2D eigenvalue weighted by atomic mass is 16.6. The molecule has 0 saturated heterocycles. The molecule has 1 amide bonds. The molecule has 0 aliphatic carbocycles. The highest BCUT2D eigenvalue weighted by Crippen LogP contribution is 2.19. The molecular formula is C10H14N4O3. The molecule has 0 aromatic carbocycles. The number of nitrogens with two attached hydrogens (primary N) is 1. The summed E-state index contributed by atoms with van der Waals surface area (Å²) in [6.07, 6.45) is 3.08. The predicted molar refractivity (Wildman–Crippen MR) is 62.4 cm³/mol. The fraction of sp³-hybridized carbons (Fsp3) is 0.400. The van der Waals surface area contributed by atoms with Crippen LogP contribution in [0.15, 0.2) is 18.3 Å². The highest BCUT2D eigenvalue weighted by Gasteiger charge is 2.12. The number of carbonyl (C=O) groups is 1. The van der Waals surface area contributed by atoms with Crippen molar-refractivity contribution in [1.29, 1.82) is 0 Å². The van der Waals surface area contributed by atoms with Crippen LogP contribution in [0.3, 0.4) is 0 Å². The molecule has 0 spiro atoms. The van der Waals surface area contributed by atoms with Gasteiger partial charge in [0.15, 0.2) is 0 Å². The molecule has 0 fully saturated rings. The molecule has 1 rings (SSSR count). The molecule has 1 aromatic heterocycles. The SMILES string of the molecule is NC(=O)CCCCNc1cccnc1[N+](=O)[O-]. The number of unbranched alkanes of at least 4 members (excludes halogenated alkanes) is 1. The van der Waals surface area contributed by atoms with Crippen molar-refractivity contribution in [2.24, 2.45) is 5.73 Å². The van der Waals surface area contributed by atoms with Crippen LogP contribution >= 0.6 is 0 Å². The molecule has 92 valence electrons. The maximum absolute atomic E-state index is 10.6. The minimum Gasteiger partial charge on any atom is -0.378 e. The van der Waals surface area contributed by atoms with E-state index in [1.54, 1.807) is 12.1 Å². The molecule has 0 aliphatic rings. The van der Waals surface area contributed by atoms with Crippen LogP contribution in [0, 0.1) is 10.1 Å². The molecule has 0 bridgehead atoms. The van der Waals surface area contributed by atoms with Gasteiger partial charge in [0, 0.05) is 13.0 Å². The Morgan fingerprint density at radius 2 is 2.29 bits per heavy atom. The largest absolute Gasteiger partial charge is 0.386 e. The first-order valence-corrected chi connectivity index (χ1v) is 5.23. The quantitative estimate of drug-likeness (QED) is 0.419. The third-order valence-electron chi connectivity index (χ3n) is 2.13. The number of carbonyl (C=O) groups excluding carboxylic acids is 1. The molecule has 1 aromatic rings. The van der Waals surface area contributed by atoms with E-state index in [1.165, 1.54) is 6.20 Å². The molecule has 0 unspecified atom stereocenters. The van der Waals surface area contributed by atoms with Crippen LogP contribution < -0.4 is 11.1 Å². The zero-order valence-corrected chi connectivity index (χ0v) is 9.26. The Bertz CT molecular complexity index is 408. The lowest BCUT2D eigenvalue weighted by Crippen LogP contribution is -2.11. The zero-order valence-electron chi connectivity index (χ0n) is 9.26. The number of nitro groups is 1. The summed E-state index contributed by atoms with van der Waals surface area (Å²) in [6.45, 7) is 0.541. The van der Waals surface area contributed by atoms with Gasteiger partial charge in [-0.25, -0.2) is 0 Å². The van der Waals surface area contributed by atoms with Crippen molar-refractivity contribution in [3.05, 3.63) is 28.4 Å². The lowest BCUT2D eigenvalue weighted by Gasteiger charge is -2.05. The monoisotopic (exact) mass is 238 g/mol. The topological polar surface area (TPSA) is 111 Å². The first kappa shape index (κ1) is 12.9. The van der Waals surface area contributed by atoms with Gasteiger partial charge in [-0.1, -0.05) is 0 Å². The number of nitrogens with one attached hydrogen (secondary N) is 1. The van der Waals surface area contributed by atoms with Crippen molar-refractivity contribution in [3.8, 4) is 0 Å². The van der Waals surface area contributed by atoms with Gasteiger partial charge in [0.25, 0.3) is 0 Å². The first-order chi connectivity index (χ1) is 8.11. The van der Waals surface area contributed by atoms with Gasteiger partial charge in [0.1, 0.15) is 11.9 Å². The van der Waals surface area contributed by atoms with Crippen molar-refractivity contribution < 1.29 is 9.72 Å². The fourth-order valence-electron chi connectivity index (χ4n) is 1.33. The van der Waals surface area contributed by atoms with E-state index in [0.717, 1.165) is 6.42 Å². The van der Waals surface area contributed by atoms with Gasteiger partial charge in [0.2, 0.25) is 5.91 Å². The molecule has 7 heteroatoms. The van der Waals surface area contributed by atoms with Crippen molar-refractivity contribution in [3.63, 3.8) is 0 Å². The van der Waals surface area contributed by atoms with Gasteiger partial charge in [-0.2, -0.15) is 0 Å². The van der Waals surface area contributed by atoms with E-state index in [2.05, 4.69) is 10.3 Å². The van der Waals surface area contributed by atoms with Gasteiger partial charge in [-0.3, -0.25) is 4.79 Å². The standard InChI is InChI=1S/C10H14N4O3/c11-9(15)5-1-2-6-12-8-4-3-7-13-10(8)14(16)17/h3-4,7,12H,1-2,5-6H2,(H2,11,15). The first-order valence-electron chi connectivity index (χ1n) is 5.23. The summed E-state index contributed by atoms with van der Waals surface area (Å²) in [4.78, 5) is 24.3.